The van der Waals surface area contributed by atoms with Crippen LogP contribution >= 0.6 is 0 Å². The van der Waals surface area contributed by atoms with Crippen molar-refractivity contribution in [2.24, 2.45) is 5.92 Å². The van der Waals surface area contributed by atoms with Crippen LogP contribution in [0.1, 0.15) is 26.3 Å². The van der Waals surface area contributed by atoms with Crippen LogP contribution in [0.4, 0.5) is 4.79 Å². The van der Waals surface area contributed by atoms with Gasteiger partial charge in [-0.25, -0.2) is 4.79 Å². The fourth-order valence-electron chi connectivity index (χ4n) is 2.64. The van der Waals surface area contributed by atoms with Crippen LogP contribution < -0.4 is 4.74 Å². The molecule has 1 aromatic rings. The molecule has 0 atom stereocenters. The summed E-state index contributed by atoms with van der Waals surface area (Å²) in [5.74, 6) is 1.02. The zero-order chi connectivity index (χ0) is 18.2. The molecular weight excluding hydrogens is 320 g/mol. The van der Waals surface area contributed by atoms with Crippen molar-refractivity contribution in [2.75, 3.05) is 39.4 Å². The standard InChI is InChI=1S/C19H28N2O4/c1-4-16-7-5-6-8-17(16)24-14-18(22)20-9-11-21(12-10-20)19(23)25-13-15(2)3/h5-8,15H,4,9-14H2,1-3H3. The lowest BCUT2D eigenvalue weighted by molar-refractivity contribution is -0.135. The summed E-state index contributed by atoms with van der Waals surface area (Å²) >= 11 is 0. The van der Waals surface area contributed by atoms with Gasteiger partial charge in [0.25, 0.3) is 5.91 Å². The maximum Gasteiger partial charge on any atom is 0.409 e. The van der Waals surface area contributed by atoms with Crippen LogP contribution in [-0.4, -0.2) is 61.2 Å². The molecule has 2 rings (SSSR count). The van der Waals surface area contributed by atoms with Gasteiger partial charge in [-0.15, -0.1) is 0 Å². The second-order valence-electron chi connectivity index (χ2n) is 6.59. The highest BCUT2D eigenvalue weighted by Gasteiger charge is 2.25. The number of amides is 2. The summed E-state index contributed by atoms with van der Waals surface area (Å²) in [6, 6.07) is 7.75. The number of ether oxygens (including phenoxy) is 2. The van der Waals surface area contributed by atoms with Gasteiger partial charge in [0.2, 0.25) is 0 Å². The molecule has 0 radical (unpaired) electrons. The van der Waals surface area contributed by atoms with Gasteiger partial charge in [0, 0.05) is 26.2 Å². The van der Waals surface area contributed by atoms with E-state index in [1.54, 1.807) is 9.80 Å². The maximum atomic E-state index is 12.3. The molecule has 6 nitrogen and oxygen atoms in total. The van der Waals surface area contributed by atoms with Crippen LogP contribution in [0.3, 0.4) is 0 Å². The Morgan fingerprint density at radius 2 is 1.72 bits per heavy atom. The van der Waals surface area contributed by atoms with Crippen molar-refractivity contribution in [3.05, 3.63) is 29.8 Å². The van der Waals surface area contributed by atoms with Gasteiger partial charge >= 0.3 is 6.09 Å². The molecule has 0 bridgehead atoms. The molecule has 1 saturated heterocycles. The number of nitrogens with zero attached hydrogens (tertiary/aromatic N) is 2. The molecule has 25 heavy (non-hydrogen) atoms. The van der Waals surface area contributed by atoms with Crippen LogP contribution in [-0.2, 0) is 16.0 Å². The van der Waals surface area contributed by atoms with E-state index in [0.717, 1.165) is 17.7 Å². The van der Waals surface area contributed by atoms with E-state index in [1.807, 2.05) is 38.1 Å². The Labute approximate surface area is 149 Å². The molecule has 0 unspecified atom stereocenters. The average molecular weight is 348 g/mol. The van der Waals surface area contributed by atoms with E-state index in [0.29, 0.717) is 38.7 Å². The van der Waals surface area contributed by atoms with Gasteiger partial charge in [-0.05, 0) is 24.0 Å². The van der Waals surface area contributed by atoms with Crippen molar-refractivity contribution in [3.63, 3.8) is 0 Å². The molecular formula is C19H28N2O4. The molecule has 0 spiro atoms. The van der Waals surface area contributed by atoms with Crippen molar-refractivity contribution >= 4 is 12.0 Å². The molecule has 1 aliphatic heterocycles. The summed E-state index contributed by atoms with van der Waals surface area (Å²) < 4.78 is 10.9. The summed E-state index contributed by atoms with van der Waals surface area (Å²) in [6.07, 6.45) is 0.565. The number of benzene rings is 1. The van der Waals surface area contributed by atoms with Gasteiger partial charge in [-0.3, -0.25) is 4.79 Å². The van der Waals surface area contributed by atoms with Gasteiger partial charge in [-0.1, -0.05) is 39.0 Å². The third-order valence-electron chi connectivity index (χ3n) is 4.14. The Morgan fingerprint density at radius 3 is 2.36 bits per heavy atom. The van der Waals surface area contributed by atoms with E-state index in [9.17, 15) is 9.59 Å². The summed E-state index contributed by atoms with van der Waals surface area (Å²) in [5.41, 5.74) is 1.09. The first kappa shape index (κ1) is 19.1. The first-order chi connectivity index (χ1) is 12.0. The molecule has 0 saturated carbocycles. The van der Waals surface area contributed by atoms with Crippen molar-refractivity contribution < 1.29 is 19.1 Å². The molecule has 1 aromatic carbocycles. The highest BCUT2D eigenvalue weighted by atomic mass is 16.6. The second kappa shape index (κ2) is 9.30. The first-order valence-corrected chi connectivity index (χ1v) is 8.91. The summed E-state index contributed by atoms with van der Waals surface area (Å²) in [4.78, 5) is 27.7. The number of para-hydroxylation sites is 1. The highest BCUT2D eigenvalue weighted by Crippen LogP contribution is 2.18. The first-order valence-electron chi connectivity index (χ1n) is 8.91. The number of aryl methyl sites for hydroxylation is 1. The van der Waals surface area contributed by atoms with Crippen molar-refractivity contribution in [1.82, 2.24) is 9.80 Å². The Balaban J connectivity index is 1.76. The van der Waals surface area contributed by atoms with Gasteiger partial charge in [-0.2, -0.15) is 0 Å². The predicted octanol–water partition coefficient (Wildman–Crippen LogP) is 2.56. The van der Waals surface area contributed by atoms with E-state index >= 15 is 0 Å². The van der Waals surface area contributed by atoms with Gasteiger partial charge in [0.15, 0.2) is 6.61 Å². The summed E-state index contributed by atoms with van der Waals surface area (Å²) in [6.45, 7) is 8.51. The Kier molecular flexibility index (Phi) is 7.10. The van der Waals surface area contributed by atoms with Crippen molar-refractivity contribution in [3.8, 4) is 5.75 Å². The van der Waals surface area contributed by atoms with Crippen LogP contribution in [0.2, 0.25) is 0 Å². The predicted molar refractivity (Wildman–Crippen MR) is 95.7 cm³/mol. The van der Waals surface area contributed by atoms with Crippen molar-refractivity contribution in [2.45, 2.75) is 27.2 Å². The number of carbonyl (C=O) groups is 2. The minimum Gasteiger partial charge on any atom is -0.483 e. The normalized spacial score (nSPS) is 14.6. The fraction of sp³-hybridized carbons (Fsp3) is 0.579. The largest absolute Gasteiger partial charge is 0.483 e. The molecule has 138 valence electrons. The van der Waals surface area contributed by atoms with Crippen LogP contribution in [0.15, 0.2) is 24.3 Å². The third kappa shape index (κ3) is 5.66. The number of carbonyl (C=O) groups excluding carboxylic acids is 2. The molecule has 0 N–H and O–H groups in total. The number of piperazine rings is 1. The fourth-order valence-corrected chi connectivity index (χ4v) is 2.64. The lowest BCUT2D eigenvalue weighted by Crippen LogP contribution is -2.51. The Hall–Kier alpha value is -2.24. The van der Waals surface area contributed by atoms with Crippen molar-refractivity contribution in [1.29, 1.82) is 0 Å². The molecule has 0 aromatic heterocycles. The molecule has 1 fully saturated rings. The average Bonchev–Trinajstić information content (AvgIpc) is 2.64. The van der Waals surface area contributed by atoms with E-state index in [4.69, 9.17) is 9.47 Å². The monoisotopic (exact) mass is 348 g/mol. The highest BCUT2D eigenvalue weighted by molar-refractivity contribution is 5.78. The third-order valence-corrected chi connectivity index (χ3v) is 4.14. The maximum absolute atomic E-state index is 12.3. The Bertz CT molecular complexity index is 581. The van der Waals surface area contributed by atoms with Gasteiger partial charge in [0.05, 0.1) is 6.61 Å². The Morgan fingerprint density at radius 1 is 1.08 bits per heavy atom. The van der Waals surface area contributed by atoms with Gasteiger partial charge in [0.1, 0.15) is 5.75 Å². The zero-order valence-corrected chi connectivity index (χ0v) is 15.4. The van der Waals surface area contributed by atoms with E-state index < -0.39 is 0 Å². The summed E-state index contributed by atoms with van der Waals surface area (Å²) in [7, 11) is 0. The van der Waals surface area contributed by atoms with Crippen LogP contribution in [0.5, 0.6) is 5.75 Å². The molecule has 2 amide bonds. The quantitative estimate of drug-likeness (QED) is 0.793. The summed E-state index contributed by atoms with van der Waals surface area (Å²) in [5, 5.41) is 0. The van der Waals surface area contributed by atoms with E-state index in [1.165, 1.54) is 0 Å². The minimum absolute atomic E-state index is 0.0226. The number of hydrogen-bond donors (Lipinski definition) is 0. The topological polar surface area (TPSA) is 59.1 Å². The lowest BCUT2D eigenvalue weighted by atomic mass is 10.1. The number of hydrogen-bond acceptors (Lipinski definition) is 4. The smallest absolute Gasteiger partial charge is 0.409 e. The molecule has 1 heterocycles. The lowest BCUT2D eigenvalue weighted by Gasteiger charge is -2.34. The molecule has 6 heteroatoms. The van der Waals surface area contributed by atoms with E-state index in [2.05, 4.69) is 6.92 Å². The van der Waals surface area contributed by atoms with Crippen LogP contribution in [0, 0.1) is 5.92 Å². The molecule has 1 aliphatic rings. The van der Waals surface area contributed by atoms with Gasteiger partial charge < -0.3 is 19.3 Å². The van der Waals surface area contributed by atoms with Crippen LogP contribution in [0.25, 0.3) is 0 Å². The second-order valence-corrected chi connectivity index (χ2v) is 6.59. The van der Waals surface area contributed by atoms with E-state index in [-0.39, 0.29) is 18.6 Å². The molecule has 0 aliphatic carbocycles. The zero-order valence-electron chi connectivity index (χ0n) is 15.4. The number of rotatable bonds is 6. The minimum atomic E-state index is -0.297. The SMILES string of the molecule is CCc1ccccc1OCC(=O)N1CCN(C(=O)OCC(C)C)CC1.